The quantitative estimate of drug-likeness (QED) is 0.579. The number of hydrogen-bond acceptors (Lipinski definition) is 5. The molecule has 2 aromatic rings. The molecule has 5 heteroatoms. The molecule has 5 nitrogen and oxygen atoms in total. The van der Waals surface area contributed by atoms with Crippen LogP contribution in [0.15, 0.2) is 48.5 Å². The van der Waals surface area contributed by atoms with E-state index < -0.39 is 5.97 Å². The summed E-state index contributed by atoms with van der Waals surface area (Å²) in [4.78, 5) is 11.9. The average molecular weight is 311 g/mol. The topological polar surface area (TPSA) is 68.6 Å². The molecule has 118 valence electrons. The molecule has 0 aliphatic heterocycles. The lowest BCUT2D eigenvalue weighted by atomic mass is 10.2. The van der Waals surface area contributed by atoms with Crippen molar-refractivity contribution in [1.29, 1.82) is 5.26 Å². The van der Waals surface area contributed by atoms with Crippen molar-refractivity contribution in [2.45, 2.75) is 13.3 Å². The maximum atomic E-state index is 11.9. The smallest absolute Gasteiger partial charge is 0.349 e. The van der Waals surface area contributed by atoms with Gasteiger partial charge in [0.15, 0.2) is 18.1 Å². The SMILES string of the molecule is CCCOc1ccccc1OC(=O)COc1ccccc1C#N. The molecule has 0 saturated heterocycles. The van der Waals surface area contributed by atoms with Crippen LogP contribution in [0.25, 0.3) is 0 Å². The van der Waals surface area contributed by atoms with Crippen molar-refractivity contribution in [3.8, 4) is 23.3 Å². The Morgan fingerprint density at radius 3 is 2.35 bits per heavy atom. The predicted molar refractivity (Wildman–Crippen MR) is 84.5 cm³/mol. The van der Waals surface area contributed by atoms with E-state index >= 15 is 0 Å². The van der Waals surface area contributed by atoms with Crippen LogP contribution in [-0.2, 0) is 4.79 Å². The molecule has 23 heavy (non-hydrogen) atoms. The van der Waals surface area contributed by atoms with Gasteiger partial charge in [0.2, 0.25) is 0 Å². The van der Waals surface area contributed by atoms with Gasteiger partial charge in [0.25, 0.3) is 0 Å². The maximum absolute atomic E-state index is 11.9. The molecule has 0 bridgehead atoms. The average Bonchev–Trinajstić information content (AvgIpc) is 2.59. The first-order valence-corrected chi connectivity index (χ1v) is 7.29. The molecule has 0 saturated carbocycles. The number of nitrogens with zero attached hydrogens (tertiary/aromatic N) is 1. The van der Waals surface area contributed by atoms with Gasteiger partial charge in [-0.05, 0) is 30.7 Å². The van der Waals surface area contributed by atoms with Crippen molar-refractivity contribution in [2.75, 3.05) is 13.2 Å². The van der Waals surface area contributed by atoms with Gasteiger partial charge in [0.05, 0.1) is 12.2 Å². The Hall–Kier alpha value is -3.00. The number of para-hydroxylation sites is 3. The molecule has 0 aromatic heterocycles. The minimum atomic E-state index is -0.565. The molecule has 0 N–H and O–H groups in total. The van der Waals surface area contributed by atoms with Crippen LogP contribution in [-0.4, -0.2) is 19.2 Å². The van der Waals surface area contributed by atoms with Crippen LogP contribution < -0.4 is 14.2 Å². The summed E-state index contributed by atoms with van der Waals surface area (Å²) in [6, 6.07) is 15.7. The van der Waals surface area contributed by atoms with E-state index in [9.17, 15) is 4.79 Å². The van der Waals surface area contributed by atoms with Crippen molar-refractivity contribution in [3.63, 3.8) is 0 Å². The Labute approximate surface area is 135 Å². The van der Waals surface area contributed by atoms with Gasteiger partial charge >= 0.3 is 5.97 Å². The summed E-state index contributed by atoms with van der Waals surface area (Å²) in [7, 11) is 0. The summed E-state index contributed by atoms with van der Waals surface area (Å²) in [6.45, 7) is 2.25. The highest BCUT2D eigenvalue weighted by molar-refractivity contribution is 5.74. The first kappa shape index (κ1) is 16.4. The van der Waals surface area contributed by atoms with Crippen LogP contribution in [0, 0.1) is 11.3 Å². The predicted octanol–water partition coefficient (Wildman–Crippen LogP) is 3.33. The molecule has 0 unspecified atom stereocenters. The summed E-state index contributed by atoms with van der Waals surface area (Å²) in [5.41, 5.74) is 0.368. The first-order valence-electron chi connectivity index (χ1n) is 7.29. The molecule has 2 aromatic carbocycles. The van der Waals surface area contributed by atoms with Gasteiger partial charge in [-0.15, -0.1) is 0 Å². The molecular formula is C18H17NO4. The van der Waals surface area contributed by atoms with E-state index in [4.69, 9.17) is 19.5 Å². The summed E-state index contributed by atoms with van der Waals surface area (Å²) in [6.07, 6.45) is 0.857. The monoisotopic (exact) mass is 311 g/mol. The molecule has 0 amide bonds. The largest absolute Gasteiger partial charge is 0.490 e. The van der Waals surface area contributed by atoms with Gasteiger partial charge in [-0.2, -0.15) is 5.26 Å². The Morgan fingerprint density at radius 2 is 1.65 bits per heavy atom. The fourth-order valence-electron chi connectivity index (χ4n) is 1.84. The second-order valence-corrected chi connectivity index (χ2v) is 4.67. The van der Waals surface area contributed by atoms with Crippen molar-refractivity contribution in [1.82, 2.24) is 0 Å². The number of rotatable bonds is 7. The molecule has 0 spiro atoms. The van der Waals surface area contributed by atoms with E-state index in [-0.39, 0.29) is 6.61 Å². The van der Waals surface area contributed by atoms with Gasteiger partial charge < -0.3 is 14.2 Å². The fourth-order valence-corrected chi connectivity index (χ4v) is 1.84. The van der Waals surface area contributed by atoms with Crippen LogP contribution in [0.2, 0.25) is 0 Å². The van der Waals surface area contributed by atoms with E-state index in [2.05, 4.69) is 0 Å². The van der Waals surface area contributed by atoms with Crippen molar-refractivity contribution >= 4 is 5.97 Å². The molecule has 0 aliphatic carbocycles. The normalized spacial score (nSPS) is 9.74. The Morgan fingerprint density at radius 1 is 1.00 bits per heavy atom. The minimum absolute atomic E-state index is 0.291. The van der Waals surface area contributed by atoms with Crippen LogP contribution in [0.4, 0.5) is 0 Å². The number of ether oxygens (including phenoxy) is 3. The summed E-state index contributed by atoms with van der Waals surface area (Å²) >= 11 is 0. The molecule has 0 atom stereocenters. The van der Waals surface area contributed by atoms with Crippen LogP contribution in [0.5, 0.6) is 17.2 Å². The Balaban J connectivity index is 1.96. The summed E-state index contributed by atoms with van der Waals surface area (Å²) in [5.74, 6) is 0.649. The minimum Gasteiger partial charge on any atom is -0.490 e. The number of hydrogen-bond donors (Lipinski definition) is 0. The van der Waals surface area contributed by atoms with E-state index in [0.29, 0.717) is 29.4 Å². The standard InChI is InChI=1S/C18H17NO4/c1-2-11-21-16-9-5-6-10-17(16)23-18(20)13-22-15-8-4-3-7-14(15)12-19/h3-10H,2,11,13H2,1H3. The molecule has 0 radical (unpaired) electrons. The van der Waals surface area contributed by atoms with Crippen molar-refractivity contribution < 1.29 is 19.0 Å². The zero-order chi connectivity index (χ0) is 16.5. The Bertz CT molecular complexity index is 706. The van der Waals surface area contributed by atoms with Crippen molar-refractivity contribution in [3.05, 3.63) is 54.1 Å². The molecular weight excluding hydrogens is 294 g/mol. The first-order chi connectivity index (χ1) is 11.2. The summed E-state index contributed by atoms with van der Waals surface area (Å²) in [5, 5.41) is 8.97. The second kappa shape index (κ2) is 8.44. The fraction of sp³-hybridized carbons (Fsp3) is 0.222. The van der Waals surface area contributed by atoms with Gasteiger partial charge in [-0.25, -0.2) is 4.79 Å². The highest BCUT2D eigenvalue weighted by Gasteiger charge is 2.12. The molecule has 0 aliphatic rings. The van der Waals surface area contributed by atoms with E-state index in [1.54, 1.807) is 42.5 Å². The van der Waals surface area contributed by atoms with Gasteiger partial charge in [-0.1, -0.05) is 31.2 Å². The van der Waals surface area contributed by atoms with E-state index in [1.165, 1.54) is 0 Å². The number of esters is 1. The lowest BCUT2D eigenvalue weighted by molar-refractivity contribution is -0.136. The third-order valence-electron chi connectivity index (χ3n) is 2.89. The van der Waals surface area contributed by atoms with E-state index in [0.717, 1.165) is 6.42 Å². The number of benzene rings is 2. The van der Waals surface area contributed by atoms with Crippen molar-refractivity contribution in [2.24, 2.45) is 0 Å². The molecule has 2 rings (SSSR count). The van der Waals surface area contributed by atoms with Gasteiger partial charge in [0.1, 0.15) is 11.8 Å². The van der Waals surface area contributed by atoms with Crippen LogP contribution in [0.3, 0.4) is 0 Å². The number of carbonyl (C=O) groups is 1. The Kier molecular flexibility index (Phi) is 6.01. The van der Waals surface area contributed by atoms with Gasteiger partial charge in [-0.3, -0.25) is 0 Å². The second-order valence-electron chi connectivity index (χ2n) is 4.67. The lowest BCUT2D eigenvalue weighted by Crippen LogP contribution is -2.18. The van der Waals surface area contributed by atoms with Gasteiger partial charge in [0, 0.05) is 0 Å². The molecule has 0 fully saturated rings. The highest BCUT2D eigenvalue weighted by atomic mass is 16.6. The summed E-state index contributed by atoms with van der Waals surface area (Å²) < 4.78 is 16.1. The lowest BCUT2D eigenvalue weighted by Gasteiger charge is -2.11. The zero-order valence-corrected chi connectivity index (χ0v) is 12.8. The maximum Gasteiger partial charge on any atom is 0.349 e. The number of carbonyl (C=O) groups excluding carboxylic acids is 1. The highest BCUT2D eigenvalue weighted by Crippen LogP contribution is 2.26. The molecule has 0 heterocycles. The van der Waals surface area contributed by atoms with E-state index in [1.807, 2.05) is 19.1 Å². The van der Waals surface area contributed by atoms with Crippen LogP contribution >= 0.6 is 0 Å². The number of nitriles is 1. The third kappa shape index (κ3) is 4.75. The third-order valence-corrected chi connectivity index (χ3v) is 2.89. The van der Waals surface area contributed by atoms with Crippen LogP contribution in [0.1, 0.15) is 18.9 Å². The zero-order valence-electron chi connectivity index (χ0n) is 12.8.